The molecule has 1 atom stereocenters. The van der Waals surface area contributed by atoms with Crippen molar-refractivity contribution in [2.45, 2.75) is 51.1 Å². The smallest absolute Gasteiger partial charge is 0.279 e. The van der Waals surface area contributed by atoms with E-state index in [0.717, 1.165) is 18.4 Å². The highest BCUT2D eigenvalue weighted by molar-refractivity contribution is 7.82. The number of hydrogen-bond donors (Lipinski definition) is 2. The lowest BCUT2D eigenvalue weighted by molar-refractivity contribution is -0.115. The number of amides is 1. The molecule has 2 rings (SSSR count). The van der Waals surface area contributed by atoms with Crippen molar-refractivity contribution in [2.75, 3.05) is 0 Å². The van der Waals surface area contributed by atoms with E-state index >= 15 is 0 Å². The van der Waals surface area contributed by atoms with Crippen LogP contribution in [0.3, 0.4) is 0 Å². The van der Waals surface area contributed by atoms with Crippen LogP contribution in [0.4, 0.5) is 0 Å². The van der Waals surface area contributed by atoms with Crippen LogP contribution in [0.1, 0.15) is 50.6 Å². The molecule has 108 valence electrons. The molecule has 1 saturated carbocycles. The Morgan fingerprint density at radius 2 is 1.85 bits per heavy atom. The van der Waals surface area contributed by atoms with Gasteiger partial charge in [-0.15, -0.1) is 0 Å². The van der Waals surface area contributed by atoms with Gasteiger partial charge in [0.25, 0.3) is 5.91 Å². The predicted octanol–water partition coefficient (Wildman–Crippen LogP) is 3.11. The van der Waals surface area contributed by atoms with E-state index in [2.05, 4.69) is 10.6 Å². The lowest BCUT2D eigenvalue weighted by Crippen LogP contribution is -2.44. The Hall–Kier alpha value is -1.42. The molecule has 0 aliphatic heterocycles. The van der Waals surface area contributed by atoms with E-state index in [0.29, 0.717) is 11.0 Å². The molecular formula is C16H22N2OS. The zero-order valence-corrected chi connectivity index (χ0v) is 12.7. The van der Waals surface area contributed by atoms with E-state index in [-0.39, 0.29) is 11.9 Å². The highest BCUT2D eigenvalue weighted by atomic mass is 32.1. The predicted molar refractivity (Wildman–Crippen MR) is 85.6 cm³/mol. The maximum atomic E-state index is 12.1. The Morgan fingerprint density at radius 1 is 1.20 bits per heavy atom. The summed E-state index contributed by atoms with van der Waals surface area (Å²) in [6.07, 6.45) is 5.97. The third kappa shape index (κ3) is 4.30. The van der Waals surface area contributed by atoms with Crippen molar-refractivity contribution < 1.29 is 4.79 Å². The summed E-state index contributed by atoms with van der Waals surface area (Å²) in [4.78, 5) is 12.4. The lowest BCUT2D eigenvalue weighted by atomic mass is 9.95. The molecule has 0 bridgehead atoms. The molecule has 4 heteroatoms. The Morgan fingerprint density at radius 3 is 2.50 bits per heavy atom. The van der Waals surface area contributed by atoms with Crippen LogP contribution < -0.4 is 10.6 Å². The van der Waals surface area contributed by atoms with Gasteiger partial charge in [0, 0.05) is 6.04 Å². The van der Waals surface area contributed by atoms with Crippen LogP contribution in [0.5, 0.6) is 0 Å². The zero-order chi connectivity index (χ0) is 14.4. The zero-order valence-electron chi connectivity index (χ0n) is 11.9. The van der Waals surface area contributed by atoms with Crippen LogP contribution in [-0.4, -0.2) is 16.9 Å². The summed E-state index contributed by atoms with van der Waals surface area (Å²) in [6.45, 7) is 1.97. The number of nitrogens with one attached hydrogen (secondary N) is 2. The monoisotopic (exact) mass is 290 g/mol. The Bertz CT molecular complexity index is 455. The van der Waals surface area contributed by atoms with Crippen molar-refractivity contribution in [1.29, 1.82) is 0 Å². The lowest BCUT2D eigenvalue weighted by Gasteiger charge is -2.24. The molecule has 1 fully saturated rings. The molecule has 20 heavy (non-hydrogen) atoms. The first-order valence-corrected chi connectivity index (χ1v) is 7.74. The van der Waals surface area contributed by atoms with Gasteiger partial charge in [-0.2, -0.15) is 0 Å². The molecule has 3 nitrogen and oxygen atoms in total. The second kappa shape index (κ2) is 7.39. The van der Waals surface area contributed by atoms with E-state index < -0.39 is 0 Å². The number of thiocarbonyl (C=S) groups is 1. The Labute approximate surface area is 126 Å². The molecular weight excluding hydrogens is 268 g/mol. The van der Waals surface area contributed by atoms with Crippen LogP contribution >= 0.6 is 12.2 Å². The van der Waals surface area contributed by atoms with Crippen LogP contribution in [0.25, 0.3) is 0 Å². The summed E-state index contributed by atoms with van der Waals surface area (Å²) in [5.41, 5.74) is 1.08. The van der Waals surface area contributed by atoms with Crippen LogP contribution in [0, 0.1) is 0 Å². The largest absolute Gasteiger partial charge is 0.369 e. The Kier molecular flexibility index (Phi) is 5.53. The molecule has 1 aromatic rings. The summed E-state index contributed by atoms with van der Waals surface area (Å²) in [5.74, 6) is -0.179. The standard InChI is InChI=1S/C16H22N2OS/c1-12(13-8-4-2-5-9-13)17-15(19)16(20)18-14-10-6-3-7-11-14/h2,4-5,8-9,12,14H,3,6-7,10-11H2,1H3,(H,17,19)(H,18,20). The maximum Gasteiger partial charge on any atom is 0.279 e. The van der Waals surface area contributed by atoms with Gasteiger partial charge in [-0.1, -0.05) is 61.8 Å². The van der Waals surface area contributed by atoms with Crippen molar-refractivity contribution in [3.63, 3.8) is 0 Å². The van der Waals surface area contributed by atoms with E-state index in [1.54, 1.807) is 0 Å². The number of carbonyl (C=O) groups excluding carboxylic acids is 1. The van der Waals surface area contributed by atoms with Gasteiger partial charge in [-0.05, 0) is 25.3 Å². The number of benzene rings is 1. The third-order valence-corrected chi connectivity index (χ3v) is 4.10. The average Bonchev–Trinajstić information content (AvgIpc) is 2.49. The first-order chi connectivity index (χ1) is 9.66. The third-order valence-electron chi connectivity index (χ3n) is 3.79. The van der Waals surface area contributed by atoms with E-state index in [1.165, 1.54) is 19.3 Å². The molecule has 0 saturated heterocycles. The first-order valence-electron chi connectivity index (χ1n) is 7.33. The van der Waals surface area contributed by atoms with Crippen molar-refractivity contribution in [2.24, 2.45) is 0 Å². The maximum absolute atomic E-state index is 12.1. The highest BCUT2D eigenvalue weighted by Crippen LogP contribution is 2.17. The van der Waals surface area contributed by atoms with Crippen LogP contribution in [0.2, 0.25) is 0 Å². The summed E-state index contributed by atoms with van der Waals surface area (Å²) in [5, 5.41) is 6.14. The second-order valence-corrected chi connectivity index (χ2v) is 5.82. The summed E-state index contributed by atoms with van der Waals surface area (Å²) in [6, 6.07) is 10.2. The molecule has 0 heterocycles. The van der Waals surface area contributed by atoms with Gasteiger partial charge in [-0.25, -0.2) is 0 Å². The summed E-state index contributed by atoms with van der Waals surface area (Å²) >= 11 is 5.20. The minimum atomic E-state index is -0.179. The molecule has 1 aliphatic carbocycles. The highest BCUT2D eigenvalue weighted by Gasteiger charge is 2.18. The fourth-order valence-corrected chi connectivity index (χ4v) is 2.81. The molecule has 1 unspecified atom stereocenters. The van der Waals surface area contributed by atoms with Crippen LogP contribution in [0.15, 0.2) is 30.3 Å². The SMILES string of the molecule is CC(NC(=O)C(=S)NC1CCCCC1)c1ccccc1. The van der Waals surface area contributed by atoms with Gasteiger partial charge < -0.3 is 10.6 Å². The Balaban J connectivity index is 1.83. The fourth-order valence-electron chi connectivity index (χ4n) is 2.59. The number of rotatable bonds is 3. The van der Waals surface area contributed by atoms with E-state index in [9.17, 15) is 4.79 Å². The van der Waals surface area contributed by atoms with Crippen molar-refractivity contribution in [3.8, 4) is 0 Å². The molecule has 0 aromatic heterocycles. The molecule has 1 aliphatic rings. The molecule has 0 radical (unpaired) electrons. The second-order valence-electron chi connectivity index (χ2n) is 5.41. The summed E-state index contributed by atoms with van der Waals surface area (Å²) < 4.78 is 0. The quantitative estimate of drug-likeness (QED) is 0.840. The fraction of sp³-hybridized carbons (Fsp3) is 0.500. The molecule has 1 amide bonds. The van der Waals surface area contributed by atoms with Gasteiger partial charge >= 0.3 is 0 Å². The van der Waals surface area contributed by atoms with Crippen molar-refractivity contribution >= 4 is 23.1 Å². The van der Waals surface area contributed by atoms with Gasteiger partial charge in [-0.3, -0.25) is 4.79 Å². The van der Waals surface area contributed by atoms with Crippen molar-refractivity contribution in [3.05, 3.63) is 35.9 Å². The van der Waals surface area contributed by atoms with Gasteiger partial charge in [0.1, 0.15) is 0 Å². The molecule has 0 spiro atoms. The minimum absolute atomic E-state index is 0.0326. The van der Waals surface area contributed by atoms with Crippen LogP contribution in [-0.2, 0) is 4.79 Å². The minimum Gasteiger partial charge on any atom is -0.369 e. The van der Waals surface area contributed by atoms with E-state index in [4.69, 9.17) is 12.2 Å². The van der Waals surface area contributed by atoms with Gasteiger partial charge in [0.05, 0.1) is 6.04 Å². The number of hydrogen-bond acceptors (Lipinski definition) is 2. The van der Waals surface area contributed by atoms with Crippen molar-refractivity contribution in [1.82, 2.24) is 10.6 Å². The topological polar surface area (TPSA) is 41.1 Å². The normalized spacial score (nSPS) is 17.2. The first kappa shape index (κ1) is 15.0. The molecule has 2 N–H and O–H groups in total. The number of carbonyl (C=O) groups is 1. The van der Waals surface area contributed by atoms with Gasteiger partial charge in [0.2, 0.25) is 0 Å². The average molecular weight is 290 g/mol. The van der Waals surface area contributed by atoms with Gasteiger partial charge in [0.15, 0.2) is 4.99 Å². The van der Waals surface area contributed by atoms with E-state index in [1.807, 2.05) is 37.3 Å². The molecule has 1 aromatic carbocycles. The summed E-state index contributed by atoms with van der Waals surface area (Å²) in [7, 11) is 0.